The highest BCUT2D eigenvalue weighted by molar-refractivity contribution is 6.31. The first-order chi connectivity index (χ1) is 9.38. The summed E-state index contributed by atoms with van der Waals surface area (Å²) in [6, 6.07) is 4.51. The normalized spacial score (nSPS) is 17.9. The zero-order valence-electron chi connectivity index (χ0n) is 10.2. The van der Waals surface area contributed by atoms with Crippen molar-refractivity contribution in [3.63, 3.8) is 0 Å². The fraction of sp³-hybridized carbons (Fsp3) is 0.417. The van der Waals surface area contributed by atoms with Crippen molar-refractivity contribution in [2.24, 2.45) is 5.73 Å². The molecule has 1 fully saturated rings. The van der Waals surface area contributed by atoms with Crippen LogP contribution >= 0.6 is 11.6 Å². The molecule has 4 nitrogen and oxygen atoms in total. The maximum absolute atomic E-state index is 13.0. The molecule has 1 aromatic rings. The summed E-state index contributed by atoms with van der Waals surface area (Å²) in [5, 5.41) is 0.320. The fourth-order valence-corrected chi connectivity index (χ4v) is 2.41. The Hall–Kier alpha value is -1.47. The van der Waals surface area contributed by atoms with E-state index in [1.54, 1.807) is 6.07 Å². The molecule has 0 radical (unpaired) electrons. The van der Waals surface area contributed by atoms with Gasteiger partial charge in [0.25, 0.3) is 6.43 Å². The van der Waals surface area contributed by atoms with Crippen molar-refractivity contribution in [3.05, 3.63) is 28.8 Å². The maximum Gasteiger partial charge on any atom is 0.409 e. The number of nitrogens with zero attached hydrogens (tertiary/aromatic N) is 1. The van der Waals surface area contributed by atoms with Crippen LogP contribution in [0, 0.1) is 0 Å². The Morgan fingerprint density at radius 3 is 2.55 bits per heavy atom. The Bertz CT molecular complexity index is 509. The van der Waals surface area contributed by atoms with E-state index in [1.807, 2.05) is 0 Å². The summed E-state index contributed by atoms with van der Waals surface area (Å²) in [7, 11) is 0. The molecule has 0 aliphatic carbocycles. The summed E-state index contributed by atoms with van der Waals surface area (Å²) in [6.07, 6.45) is -6.22. The van der Waals surface area contributed by atoms with Crippen LogP contribution in [0.5, 0.6) is 5.75 Å². The molecule has 0 saturated carbocycles. The summed E-state index contributed by atoms with van der Waals surface area (Å²) >= 11 is 6.02. The van der Waals surface area contributed by atoms with Crippen molar-refractivity contribution in [1.82, 2.24) is 4.90 Å². The van der Waals surface area contributed by atoms with Gasteiger partial charge in [0.05, 0.1) is 0 Å². The summed E-state index contributed by atoms with van der Waals surface area (Å²) in [5.74, 6) is 0.0699. The minimum atomic E-state index is -3.02. The first-order valence-corrected chi connectivity index (χ1v) is 6.19. The van der Waals surface area contributed by atoms with Crippen molar-refractivity contribution < 1.29 is 22.7 Å². The van der Waals surface area contributed by atoms with Gasteiger partial charge < -0.3 is 10.5 Å². The first-order valence-electron chi connectivity index (χ1n) is 5.81. The number of nitrogens with two attached hydrogens (primary N) is 1. The molecule has 1 heterocycles. The highest BCUT2D eigenvalue weighted by Gasteiger charge is 2.38. The summed E-state index contributed by atoms with van der Waals surface area (Å²) in [6.45, 7) is 0.336. The van der Waals surface area contributed by atoms with Gasteiger partial charge in [-0.1, -0.05) is 17.7 Å². The van der Waals surface area contributed by atoms with E-state index in [1.165, 1.54) is 12.1 Å². The van der Waals surface area contributed by atoms with E-state index < -0.39 is 18.8 Å². The summed E-state index contributed by atoms with van der Waals surface area (Å²) in [4.78, 5) is 11.6. The number of benzene rings is 1. The molecule has 1 atom stereocenters. The highest BCUT2D eigenvalue weighted by atomic mass is 35.5. The molecule has 0 aromatic heterocycles. The summed E-state index contributed by atoms with van der Waals surface area (Å²) < 4.78 is 42.1. The van der Waals surface area contributed by atoms with Crippen LogP contribution in [0.1, 0.15) is 11.5 Å². The maximum atomic E-state index is 13.0. The van der Waals surface area contributed by atoms with Gasteiger partial charge in [-0.2, -0.15) is 0 Å². The molecule has 1 saturated heterocycles. The first kappa shape index (κ1) is 14.9. The standard InChI is InChI=1S/C12H12ClF3N2O2/c13-9-3-7(20-12(17)19)1-2-8(9)6-4-18(5-6)11(16)10(14)15/h1-3,6,10-11H,4-5H2,(H2,17,19). The lowest BCUT2D eigenvalue weighted by Crippen LogP contribution is -2.51. The minimum Gasteiger partial charge on any atom is -0.410 e. The van der Waals surface area contributed by atoms with Crippen LogP contribution in [0.2, 0.25) is 5.02 Å². The van der Waals surface area contributed by atoms with Gasteiger partial charge >= 0.3 is 6.09 Å². The third kappa shape index (κ3) is 3.16. The van der Waals surface area contributed by atoms with Gasteiger partial charge in [0.1, 0.15) is 5.75 Å². The highest BCUT2D eigenvalue weighted by Crippen LogP contribution is 2.36. The van der Waals surface area contributed by atoms with E-state index in [0.717, 1.165) is 4.90 Å². The van der Waals surface area contributed by atoms with Gasteiger partial charge in [-0.3, -0.25) is 4.90 Å². The quantitative estimate of drug-likeness (QED) is 0.870. The third-order valence-electron chi connectivity index (χ3n) is 3.10. The number of carbonyl (C=O) groups is 1. The average molecular weight is 309 g/mol. The summed E-state index contributed by atoms with van der Waals surface area (Å²) in [5.41, 5.74) is 5.56. The van der Waals surface area contributed by atoms with Gasteiger partial charge in [0.15, 0.2) is 0 Å². The number of alkyl halides is 3. The zero-order chi connectivity index (χ0) is 14.9. The monoisotopic (exact) mass is 308 g/mol. The average Bonchev–Trinajstić information content (AvgIpc) is 2.28. The van der Waals surface area contributed by atoms with Crippen molar-refractivity contribution in [1.29, 1.82) is 0 Å². The van der Waals surface area contributed by atoms with E-state index >= 15 is 0 Å². The molecular weight excluding hydrogens is 297 g/mol. The van der Waals surface area contributed by atoms with Crippen LogP contribution < -0.4 is 10.5 Å². The van der Waals surface area contributed by atoms with Gasteiger partial charge in [-0.25, -0.2) is 18.0 Å². The van der Waals surface area contributed by atoms with Crippen molar-refractivity contribution in [3.8, 4) is 5.75 Å². The molecule has 8 heteroatoms. The topological polar surface area (TPSA) is 55.6 Å². The largest absolute Gasteiger partial charge is 0.410 e. The van der Waals surface area contributed by atoms with Crippen LogP contribution in [0.3, 0.4) is 0 Å². The van der Waals surface area contributed by atoms with Crippen molar-refractivity contribution in [2.45, 2.75) is 18.6 Å². The Balaban J connectivity index is 2.00. The van der Waals surface area contributed by atoms with E-state index in [9.17, 15) is 18.0 Å². The van der Waals surface area contributed by atoms with Crippen LogP contribution in [0.4, 0.5) is 18.0 Å². The van der Waals surface area contributed by atoms with Gasteiger partial charge in [0, 0.05) is 24.0 Å². The fourth-order valence-electron chi connectivity index (χ4n) is 2.09. The number of amides is 1. The number of halogens is 4. The number of hydrogen-bond acceptors (Lipinski definition) is 3. The number of rotatable bonds is 4. The van der Waals surface area contributed by atoms with Crippen LogP contribution in [0.15, 0.2) is 18.2 Å². The second-order valence-electron chi connectivity index (χ2n) is 4.46. The van der Waals surface area contributed by atoms with E-state index in [-0.39, 0.29) is 24.8 Å². The predicted molar refractivity (Wildman–Crippen MR) is 66.9 cm³/mol. The Labute approximate surface area is 118 Å². The molecule has 1 aromatic carbocycles. The second kappa shape index (κ2) is 5.88. The molecule has 2 N–H and O–H groups in total. The van der Waals surface area contributed by atoms with E-state index in [0.29, 0.717) is 10.6 Å². The molecular formula is C12H12ClF3N2O2. The Kier molecular flexibility index (Phi) is 4.39. The second-order valence-corrected chi connectivity index (χ2v) is 4.87. The SMILES string of the molecule is NC(=O)Oc1ccc(C2CN(C(F)C(F)F)C2)c(Cl)c1. The van der Waals surface area contributed by atoms with E-state index in [2.05, 4.69) is 4.74 Å². The minimum absolute atomic E-state index is 0.123. The predicted octanol–water partition coefficient (Wildman–Crippen LogP) is 2.76. The molecule has 1 amide bonds. The third-order valence-corrected chi connectivity index (χ3v) is 3.42. The number of likely N-dealkylation sites (tertiary alicyclic amines) is 1. The lowest BCUT2D eigenvalue weighted by Gasteiger charge is -2.41. The molecule has 20 heavy (non-hydrogen) atoms. The molecule has 1 aliphatic rings. The Morgan fingerprint density at radius 1 is 1.40 bits per heavy atom. The smallest absolute Gasteiger partial charge is 0.409 e. The number of carbonyl (C=O) groups excluding carboxylic acids is 1. The zero-order valence-corrected chi connectivity index (χ0v) is 11.0. The van der Waals surface area contributed by atoms with Gasteiger partial charge in [-0.15, -0.1) is 0 Å². The van der Waals surface area contributed by atoms with Crippen LogP contribution in [-0.2, 0) is 0 Å². The number of primary amides is 1. The molecule has 0 spiro atoms. The molecule has 2 rings (SSSR count). The molecule has 110 valence electrons. The number of hydrogen-bond donors (Lipinski definition) is 1. The molecule has 1 aliphatic heterocycles. The molecule has 1 unspecified atom stereocenters. The Morgan fingerprint density at radius 2 is 2.05 bits per heavy atom. The van der Waals surface area contributed by atoms with Crippen molar-refractivity contribution in [2.75, 3.05) is 13.1 Å². The van der Waals surface area contributed by atoms with Crippen molar-refractivity contribution >= 4 is 17.7 Å². The van der Waals surface area contributed by atoms with Crippen LogP contribution in [0.25, 0.3) is 0 Å². The van der Waals surface area contributed by atoms with E-state index in [4.69, 9.17) is 17.3 Å². The number of ether oxygens (including phenoxy) is 1. The lowest BCUT2D eigenvalue weighted by molar-refractivity contribution is -0.0819. The van der Waals surface area contributed by atoms with Gasteiger partial charge in [-0.05, 0) is 17.7 Å². The van der Waals surface area contributed by atoms with Gasteiger partial charge in [0.2, 0.25) is 6.30 Å². The van der Waals surface area contributed by atoms with Crippen LogP contribution in [-0.4, -0.2) is 36.8 Å². The lowest BCUT2D eigenvalue weighted by atomic mass is 9.91. The molecule has 0 bridgehead atoms.